The average molecular weight is 1270 g/mol. The summed E-state index contributed by atoms with van der Waals surface area (Å²) in [5, 5.41) is 8.51. The van der Waals surface area contributed by atoms with Crippen LogP contribution in [-0.2, 0) is 126 Å². The maximum Gasteiger partial charge on any atom is 0.338 e. The van der Waals surface area contributed by atoms with Crippen molar-refractivity contribution >= 4 is 76.4 Å². The molecule has 470 valence electrons. The van der Waals surface area contributed by atoms with E-state index in [1.165, 1.54) is 6.08 Å². The predicted octanol–water partition coefficient (Wildman–Crippen LogP) is 6.81. The van der Waals surface area contributed by atoms with Gasteiger partial charge in [0.25, 0.3) is 3.79 Å². The molecule has 0 unspecified atom stereocenters. The fourth-order valence-corrected chi connectivity index (χ4v) is 10.2. The second-order valence-electron chi connectivity index (χ2n) is 20.0. The van der Waals surface area contributed by atoms with Crippen LogP contribution in [0.2, 0.25) is 0 Å². The van der Waals surface area contributed by atoms with Crippen LogP contribution in [0, 0.1) is 5.41 Å². The molecule has 0 saturated carbocycles. The van der Waals surface area contributed by atoms with Crippen molar-refractivity contribution in [3.8, 4) is 0 Å². The number of ether oxygens (including phenoxy) is 15. The van der Waals surface area contributed by atoms with E-state index in [1.54, 1.807) is 97.1 Å². The molecule has 3 saturated heterocycles. The molecular weight excluding hydrogens is 1200 g/mol. The Bertz CT molecular complexity index is 2900. The van der Waals surface area contributed by atoms with Gasteiger partial charge in [-0.15, -0.1) is 6.58 Å². The molecule has 0 radical (unpaired) electrons. The number of alkyl halides is 3. The highest BCUT2D eigenvalue weighted by atomic mass is 35.6. The third-order valence-corrected chi connectivity index (χ3v) is 14.3. The number of carbonyl (C=O) groups is 6. The molecule has 4 aromatic carbocycles. The van der Waals surface area contributed by atoms with Gasteiger partial charge in [-0.25, -0.2) is 9.59 Å². The van der Waals surface area contributed by atoms with Crippen LogP contribution in [0.4, 0.5) is 0 Å². The van der Waals surface area contributed by atoms with Gasteiger partial charge in [0.15, 0.2) is 37.0 Å². The minimum Gasteiger partial charge on any atom is -0.467 e. The first-order valence-corrected chi connectivity index (χ1v) is 28.6. The third-order valence-electron chi connectivity index (χ3n) is 13.8. The quantitative estimate of drug-likeness (QED) is 0.0169. The summed E-state index contributed by atoms with van der Waals surface area (Å²) in [6.45, 7) is 6.93. The molecule has 23 nitrogen and oxygen atoms in total. The van der Waals surface area contributed by atoms with Crippen molar-refractivity contribution in [2.24, 2.45) is 0 Å². The molecule has 0 aromatic heterocycles. The lowest BCUT2D eigenvalue weighted by Gasteiger charge is -2.52. The van der Waals surface area contributed by atoms with Crippen molar-refractivity contribution in [3.05, 3.63) is 156 Å². The Kier molecular flexibility index (Phi) is 25.6. The van der Waals surface area contributed by atoms with Crippen molar-refractivity contribution in [3.63, 3.8) is 0 Å². The first-order chi connectivity index (χ1) is 41.7. The van der Waals surface area contributed by atoms with E-state index in [2.05, 4.69) is 6.58 Å². The number of methoxy groups -OCH3 is 2. The minimum atomic E-state index is -2.51. The molecule has 0 aliphatic carbocycles. The molecule has 3 heterocycles. The summed E-state index contributed by atoms with van der Waals surface area (Å²) < 4.78 is 92.1. The lowest BCUT2D eigenvalue weighted by Crippen LogP contribution is -2.71. The van der Waals surface area contributed by atoms with Crippen LogP contribution in [0.15, 0.2) is 134 Å². The van der Waals surface area contributed by atoms with Crippen molar-refractivity contribution in [1.82, 2.24) is 4.90 Å². The molecule has 0 spiro atoms. The molecule has 3 aliphatic rings. The number of carbonyl (C=O) groups excluding carboxylic acids is 6. The number of imide groups is 1. The summed E-state index contributed by atoms with van der Waals surface area (Å²) >= 11 is 18.2. The smallest absolute Gasteiger partial charge is 0.338 e. The molecule has 15 atom stereocenters. The van der Waals surface area contributed by atoms with Gasteiger partial charge in [-0.05, 0) is 22.3 Å². The van der Waals surface area contributed by atoms with E-state index >= 15 is 0 Å². The number of nitrogens with zero attached hydrogens (tertiary/aromatic N) is 1. The number of halogens is 3. The number of benzene rings is 4. The van der Waals surface area contributed by atoms with Gasteiger partial charge in [0.1, 0.15) is 48.8 Å². The molecular formula is C61H69Cl3N2O21. The Balaban J connectivity index is 1.43. The molecule has 26 heteroatoms. The van der Waals surface area contributed by atoms with Crippen LogP contribution in [0.5, 0.6) is 0 Å². The van der Waals surface area contributed by atoms with Crippen molar-refractivity contribution in [1.29, 1.82) is 5.41 Å². The zero-order chi connectivity index (χ0) is 62.8. The normalized spacial score (nSPS) is 27.2. The van der Waals surface area contributed by atoms with Gasteiger partial charge in [0.05, 0.1) is 53.9 Å². The number of amides is 2. The van der Waals surface area contributed by atoms with Crippen molar-refractivity contribution < 1.29 is 99.8 Å². The first-order valence-electron chi connectivity index (χ1n) is 27.4. The lowest BCUT2D eigenvalue weighted by molar-refractivity contribution is -0.373. The summed E-state index contributed by atoms with van der Waals surface area (Å²) in [5.74, 6) is -6.62. The Morgan fingerprint density at radius 2 is 0.931 bits per heavy atom. The monoisotopic (exact) mass is 1270 g/mol. The Morgan fingerprint density at radius 3 is 1.37 bits per heavy atom. The van der Waals surface area contributed by atoms with Crippen LogP contribution in [0.25, 0.3) is 0 Å². The average Bonchev–Trinajstić information content (AvgIpc) is 1.04. The van der Waals surface area contributed by atoms with Crippen LogP contribution in [0.1, 0.15) is 49.9 Å². The maximum atomic E-state index is 14.3. The molecule has 87 heavy (non-hydrogen) atoms. The fraction of sp³-hybridized carbons (Fsp3) is 0.459. The van der Waals surface area contributed by atoms with Gasteiger partial charge in [-0.1, -0.05) is 162 Å². The van der Waals surface area contributed by atoms with Crippen molar-refractivity contribution in [2.45, 2.75) is 150 Å². The largest absolute Gasteiger partial charge is 0.467 e. The minimum absolute atomic E-state index is 0.0337. The van der Waals surface area contributed by atoms with Crippen LogP contribution in [0.3, 0.4) is 0 Å². The number of nitrogens with one attached hydrogen (secondary N) is 1. The Morgan fingerprint density at radius 1 is 0.517 bits per heavy atom. The zero-order valence-corrected chi connectivity index (χ0v) is 50.7. The standard InChI is InChI=1S/C61H69Cl3N2O21/c1-8-29-76-47-48(78-32-41-25-17-11-18-26-41)53(80-37(4)69)58(85-51(47)55(71)73-6)83-45-43(34-75-30-39-21-13-9-14-22-39)82-57(44(66(35(2)67)36(3)68)46(45)77-31-40-23-15-10-16-24-40)84-50-49(79-33-42-27-19-12-20-28-42)54(81-38(5)70)59(86-52(50)56(72)74-7)87-60(65)61(62,63)64/h8-28,43-54,57-59,65H,1,29-34H2,2-7H3/t43-,44-,45-,46-,47+,48+,49+,50+,51-,52-,53-,54-,57-,58-,59-/m1/s1. The summed E-state index contributed by atoms with van der Waals surface area (Å²) in [6, 6.07) is 33.7. The maximum absolute atomic E-state index is 14.3. The summed E-state index contributed by atoms with van der Waals surface area (Å²) in [5.41, 5.74) is 2.55. The molecule has 3 fully saturated rings. The predicted molar refractivity (Wildman–Crippen MR) is 308 cm³/mol. The van der Waals surface area contributed by atoms with E-state index in [0.717, 1.165) is 52.4 Å². The van der Waals surface area contributed by atoms with Crippen LogP contribution >= 0.6 is 34.8 Å². The van der Waals surface area contributed by atoms with Crippen molar-refractivity contribution in [2.75, 3.05) is 27.4 Å². The zero-order valence-electron chi connectivity index (χ0n) is 48.4. The summed E-state index contributed by atoms with van der Waals surface area (Å²) in [7, 11) is 2.17. The topological polar surface area (TPSA) is 268 Å². The highest BCUT2D eigenvalue weighted by molar-refractivity contribution is 6.76. The lowest BCUT2D eigenvalue weighted by atomic mass is 9.92. The third kappa shape index (κ3) is 18.6. The van der Waals surface area contributed by atoms with E-state index in [-0.39, 0.29) is 33.0 Å². The molecule has 0 bridgehead atoms. The molecule has 3 aliphatic heterocycles. The van der Waals surface area contributed by atoms with Gasteiger partial charge in [-0.3, -0.25) is 29.5 Å². The summed E-state index contributed by atoms with van der Waals surface area (Å²) in [4.78, 5) is 84.3. The highest BCUT2D eigenvalue weighted by Crippen LogP contribution is 2.40. The Labute approximate surface area is 517 Å². The van der Waals surface area contributed by atoms with Gasteiger partial charge < -0.3 is 71.1 Å². The molecule has 4 aromatic rings. The molecule has 2 amide bonds. The van der Waals surface area contributed by atoms with E-state index < -0.39 is 144 Å². The van der Waals surface area contributed by atoms with Gasteiger partial charge in [0, 0.05) is 27.7 Å². The number of rotatable bonds is 26. The van der Waals surface area contributed by atoms with Gasteiger partial charge >= 0.3 is 23.9 Å². The van der Waals surface area contributed by atoms with Gasteiger partial charge in [0.2, 0.25) is 24.0 Å². The SMILES string of the molecule is C=CCO[C@H]1[C@H](OCc2ccccc2)[C@@H](OC(C)=O)[C@H](O[C@H]2[C@H](OCc3ccccc3)[C@@H](N(C(C)=O)C(C)=O)[C@@H](O[C@H]3[C@H](OCc4ccccc4)[C@@H](OC(C)=O)[C@@H](OC(=N)C(Cl)(Cl)Cl)O[C@H]3C(=O)OC)O[C@@H]2COCc2ccccc2)O[C@H]1C(=O)OC. The second-order valence-corrected chi connectivity index (χ2v) is 22.3. The Hall–Kier alpha value is -6.42. The van der Waals surface area contributed by atoms with E-state index in [1.807, 2.05) is 24.3 Å². The highest BCUT2D eigenvalue weighted by Gasteiger charge is 2.61. The fourth-order valence-electron chi connectivity index (χ4n) is 10.0. The van der Waals surface area contributed by atoms with E-state index in [0.29, 0.717) is 16.7 Å². The molecule has 1 N–H and O–H groups in total. The van der Waals surface area contributed by atoms with Crippen LogP contribution in [-0.4, -0.2) is 170 Å². The van der Waals surface area contributed by atoms with E-state index in [4.69, 9.17) is 111 Å². The number of hydrogen-bond acceptors (Lipinski definition) is 22. The number of esters is 4. The van der Waals surface area contributed by atoms with Gasteiger partial charge in [-0.2, -0.15) is 0 Å². The second kappa shape index (κ2) is 32.7. The summed E-state index contributed by atoms with van der Waals surface area (Å²) in [6.07, 6.45) is -22.3. The van der Waals surface area contributed by atoms with E-state index in [9.17, 15) is 28.8 Å². The van der Waals surface area contributed by atoms with Crippen LogP contribution < -0.4 is 0 Å². The first kappa shape index (κ1) is 68.1. The number of hydrogen-bond donors (Lipinski definition) is 1. The molecule has 7 rings (SSSR count).